The summed E-state index contributed by atoms with van der Waals surface area (Å²) in [7, 11) is 0. The van der Waals surface area contributed by atoms with E-state index in [4.69, 9.17) is 20.6 Å². The monoisotopic (exact) mass is 274 g/mol. The topological polar surface area (TPSA) is 68.3 Å². The summed E-state index contributed by atoms with van der Waals surface area (Å²) in [6.07, 6.45) is -4.02. The number of hydrogen-bond donors (Lipinski definition) is 2. The molecule has 104 valence electrons. The van der Waals surface area contributed by atoms with E-state index in [1.807, 2.05) is 0 Å². The van der Waals surface area contributed by atoms with Crippen LogP contribution in [0.15, 0.2) is 18.2 Å². The first-order valence-electron chi connectivity index (χ1n) is 5.68. The van der Waals surface area contributed by atoms with Crippen LogP contribution in [0.4, 0.5) is 13.2 Å². The van der Waals surface area contributed by atoms with Gasteiger partial charge in [-0.2, -0.15) is 13.2 Å². The Morgan fingerprint density at radius 2 is 2.16 bits per heavy atom. The second kappa shape index (κ2) is 5.08. The molecule has 0 radical (unpaired) electrons. The maximum atomic E-state index is 12.6. The van der Waals surface area contributed by atoms with Crippen LogP contribution in [-0.4, -0.2) is 25.2 Å². The number of halogens is 3. The van der Waals surface area contributed by atoms with E-state index < -0.39 is 17.6 Å². The summed E-state index contributed by atoms with van der Waals surface area (Å²) < 4.78 is 48.4. The van der Waals surface area contributed by atoms with Crippen molar-refractivity contribution in [3.05, 3.63) is 29.3 Å². The van der Waals surface area contributed by atoms with Gasteiger partial charge in [-0.25, -0.2) is 0 Å². The molecule has 1 heterocycles. The molecule has 0 aliphatic carbocycles. The molecule has 1 saturated heterocycles. The third kappa shape index (κ3) is 3.17. The lowest BCUT2D eigenvalue weighted by Crippen LogP contribution is -2.20. The summed E-state index contributed by atoms with van der Waals surface area (Å²) in [5, 5.41) is 7.35. The number of amidine groups is 1. The Bertz CT molecular complexity index is 482. The standard InChI is InChI=1S/C12H13F3N2O2/c13-12(14,15)7-1-2-10(9(5-7)11(16)17)19-8-3-4-18-6-8/h1-2,5,8H,3-4,6H2,(H3,16,17). The van der Waals surface area contributed by atoms with Gasteiger partial charge in [-0.15, -0.1) is 0 Å². The lowest BCUT2D eigenvalue weighted by Gasteiger charge is -2.16. The highest BCUT2D eigenvalue weighted by atomic mass is 19.4. The maximum absolute atomic E-state index is 12.6. The van der Waals surface area contributed by atoms with Gasteiger partial charge in [0.1, 0.15) is 17.7 Å². The van der Waals surface area contributed by atoms with Crippen LogP contribution in [0.2, 0.25) is 0 Å². The minimum absolute atomic E-state index is 0.0540. The van der Waals surface area contributed by atoms with Gasteiger partial charge in [-0.05, 0) is 18.2 Å². The number of nitrogens with one attached hydrogen (secondary N) is 1. The summed E-state index contributed by atoms with van der Waals surface area (Å²) in [5.41, 5.74) is 4.40. The first-order chi connectivity index (χ1) is 8.88. The number of ether oxygens (including phenoxy) is 2. The van der Waals surface area contributed by atoms with Gasteiger partial charge in [-0.3, -0.25) is 5.41 Å². The zero-order chi connectivity index (χ0) is 14.0. The molecule has 0 amide bonds. The van der Waals surface area contributed by atoms with Crippen LogP contribution in [0.5, 0.6) is 5.75 Å². The van der Waals surface area contributed by atoms with E-state index in [0.29, 0.717) is 19.6 Å². The van der Waals surface area contributed by atoms with Crippen LogP contribution < -0.4 is 10.5 Å². The summed E-state index contributed by atoms with van der Waals surface area (Å²) in [6.45, 7) is 0.944. The van der Waals surface area contributed by atoms with Crippen molar-refractivity contribution in [1.29, 1.82) is 5.41 Å². The fraction of sp³-hybridized carbons (Fsp3) is 0.417. The summed E-state index contributed by atoms with van der Waals surface area (Å²) in [6, 6.07) is 2.93. The van der Waals surface area contributed by atoms with E-state index in [0.717, 1.165) is 12.1 Å². The van der Waals surface area contributed by atoms with Gasteiger partial charge in [0.25, 0.3) is 0 Å². The van der Waals surface area contributed by atoms with Gasteiger partial charge in [-0.1, -0.05) is 0 Å². The van der Waals surface area contributed by atoms with Crippen molar-refractivity contribution < 1.29 is 22.6 Å². The van der Waals surface area contributed by atoms with Gasteiger partial charge in [0.2, 0.25) is 0 Å². The van der Waals surface area contributed by atoms with Gasteiger partial charge in [0.05, 0.1) is 24.3 Å². The average molecular weight is 274 g/mol. The average Bonchev–Trinajstić information content (AvgIpc) is 2.80. The van der Waals surface area contributed by atoms with Crippen LogP contribution >= 0.6 is 0 Å². The van der Waals surface area contributed by atoms with E-state index in [1.165, 1.54) is 6.07 Å². The minimum Gasteiger partial charge on any atom is -0.487 e. The lowest BCUT2D eigenvalue weighted by molar-refractivity contribution is -0.137. The third-order valence-corrected chi connectivity index (χ3v) is 2.78. The first-order valence-corrected chi connectivity index (χ1v) is 5.68. The van der Waals surface area contributed by atoms with Crippen molar-refractivity contribution >= 4 is 5.84 Å². The Hall–Kier alpha value is -1.76. The molecular weight excluding hydrogens is 261 g/mol. The highest BCUT2D eigenvalue weighted by Gasteiger charge is 2.31. The molecule has 0 bridgehead atoms. The lowest BCUT2D eigenvalue weighted by atomic mass is 10.1. The second-order valence-electron chi connectivity index (χ2n) is 4.23. The maximum Gasteiger partial charge on any atom is 0.416 e. The smallest absolute Gasteiger partial charge is 0.416 e. The normalized spacial score (nSPS) is 19.4. The molecule has 0 spiro atoms. The quantitative estimate of drug-likeness (QED) is 0.655. The van der Waals surface area contributed by atoms with Crippen molar-refractivity contribution in [3.8, 4) is 5.75 Å². The summed E-state index contributed by atoms with van der Waals surface area (Å²) >= 11 is 0. The van der Waals surface area contributed by atoms with Gasteiger partial charge < -0.3 is 15.2 Å². The predicted octanol–water partition coefficient (Wildman–Crippen LogP) is 2.16. The number of alkyl halides is 3. The van der Waals surface area contributed by atoms with Gasteiger partial charge >= 0.3 is 6.18 Å². The van der Waals surface area contributed by atoms with E-state index in [1.54, 1.807) is 0 Å². The SMILES string of the molecule is N=C(N)c1cc(C(F)(F)F)ccc1OC1CCOC1. The number of rotatable bonds is 3. The molecule has 1 atom stereocenters. The molecule has 1 unspecified atom stereocenters. The first kappa shape index (κ1) is 13.7. The molecule has 3 N–H and O–H groups in total. The van der Waals surface area contributed by atoms with Crippen molar-refractivity contribution in [2.24, 2.45) is 5.73 Å². The zero-order valence-corrected chi connectivity index (χ0v) is 9.96. The number of benzene rings is 1. The highest BCUT2D eigenvalue weighted by molar-refractivity contribution is 5.97. The number of hydrogen-bond acceptors (Lipinski definition) is 3. The predicted molar refractivity (Wildman–Crippen MR) is 62.3 cm³/mol. The van der Waals surface area contributed by atoms with Crippen molar-refractivity contribution in [1.82, 2.24) is 0 Å². The van der Waals surface area contributed by atoms with Crippen LogP contribution in [0.3, 0.4) is 0 Å². The van der Waals surface area contributed by atoms with Crippen LogP contribution in [-0.2, 0) is 10.9 Å². The third-order valence-electron chi connectivity index (χ3n) is 2.78. The molecular formula is C12H13F3N2O2. The van der Waals surface area contributed by atoms with Crippen molar-refractivity contribution in [3.63, 3.8) is 0 Å². The molecule has 0 aromatic heterocycles. The molecule has 0 saturated carbocycles. The molecule has 7 heteroatoms. The van der Waals surface area contributed by atoms with Crippen LogP contribution in [0, 0.1) is 5.41 Å². The van der Waals surface area contributed by atoms with Gasteiger partial charge in [0, 0.05) is 6.42 Å². The fourth-order valence-electron chi connectivity index (χ4n) is 1.80. The molecule has 19 heavy (non-hydrogen) atoms. The molecule has 1 aromatic carbocycles. The Morgan fingerprint density at radius 1 is 1.42 bits per heavy atom. The zero-order valence-electron chi connectivity index (χ0n) is 9.96. The van der Waals surface area contributed by atoms with Crippen LogP contribution in [0.25, 0.3) is 0 Å². The minimum atomic E-state index is -4.47. The Labute approximate surface area is 107 Å². The fourth-order valence-corrected chi connectivity index (χ4v) is 1.80. The second-order valence-corrected chi connectivity index (χ2v) is 4.23. The molecule has 1 aliphatic rings. The molecule has 4 nitrogen and oxygen atoms in total. The van der Waals surface area contributed by atoms with E-state index >= 15 is 0 Å². The van der Waals surface area contributed by atoms with Crippen LogP contribution in [0.1, 0.15) is 17.5 Å². The Morgan fingerprint density at radius 3 is 2.68 bits per heavy atom. The highest BCUT2D eigenvalue weighted by Crippen LogP contribution is 2.33. The van der Waals surface area contributed by atoms with Crippen molar-refractivity contribution in [2.45, 2.75) is 18.7 Å². The molecule has 1 fully saturated rings. The van der Waals surface area contributed by atoms with Crippen molar-refractivity contribution in [2.75, 3.05) is 13.2 Å². The van der Waals surface area contributed by atoms with E-state index in [-0.39, 0.29) is 17.4 Å². The number of nitrogens with two attached hydrogens (primary N) is 1. The summed E-state index contributed by atoms with van der Waals surface area (Å²) in [5.74, 6) is -0.281. The molecule has 2 rings (SSSR count). The molecule has 1 aliphatic heterocycles. The Balaban J connectivity index is 2.29. The summed E-state index contributed by atoms with van der Waals surface area (Å²) in [4.78, 5) is 0. The van der Waals surface area contributed by atoms with Gasteiger partial charge in [0.15, 0.2) is 0 Å². The van der Waals surface area contributed by atoms with E-state index in [9.17, 15) is 13.2 Å². The Kier molecular flexibility index (Phi) is 3.66. The molecule has 1 aromatic rings. The van der Waals surface area contributed by atoms with E-state index in [2.05, 4.69) is 0 Å². The largest absolute Gasteiger partial charge is 0.487 e. The number of nitrogen functional groups attached to an aromatic ring is 1.